The first-order valence-corrected chi connectivity index (χ1v) is 7.23. The van der Waals surface area contributed by atoms with E-state index in [-0.39, 0.29) is 11.4 Å². The van der Waals surface area contributed by atoms with Crippen LogP contribution in [-0.4, -0.2) is 50.7 Å². The van der Waals surface area contributed by atoms with Crippen molar-refractivity contribution in [1.82, 2.24) is 10.2 Å². The van der Waals surface area contributed by atoms with Crippen molar-refractivity contribution in [3.63, 3.8) is 0 Å². The van der Waals surface area contributed by atoms with Crippen molar-refractivity contribution in [3.05, 3.63) is 23.8 Å². The fourth-order valence-corrected chi connectivity index (χ4v) is 2.60. The maximum Gasteiger partial charge on any atom is 0.257 e. The molecule has 2 rings (SSSR count). The Morgan fingerprint density at radius 1 is 1.24 bits per heavy atom. The van der Waals surface area contributed by atoms with E-state index >= 15 is 0 Å². The first kappa shape index (κ1) is 15.6. The molecule has 1 saturated heterocycles. The van der Waals surface area contributed by atoms with Gasteiger partial charge in [0.25, 0.3) is 5.91 Å². The van der Waals surface area contributed by atoms with E-state index in [1.807, 2.05) is 11.9 Å². The Labute approximate surface area is 126 Å². The molecule has 1 aromatic rings. The lowest BCUT2D eigenvalue weighted by atomic mass is 9.89. The normalized spacial score (nSPS) is 17.4. The molecule has 1 aliphatic heterocycles. The topological polar surface area (TPSA) is 50.8 Å². The van der Waals surface area contributed by atoms with Crippen LogP contribution in [0.4, 0.5) is 0 Å². The Kier molecular flexibility index (Phi) is 4.73. The molecule has 0 aromatic heterocycles. The quantitative estimate of drug-likeness (QED) is 0.921. The van der Waals surface area contributed by atoms with Gasteiger partial charge >= 0.3 is 0 Å². The highest BCUT2D eigenvalue weighted by molar-refractivity contribution is 5.97. The second-order valence-corrected chi connectivity index (χ2v) is 5.67. The fourth-order valence-electron chi connectivity index (χ4n) is 2.60. The molecule has 0 unspecified atom stereocenters. The van der Waals surface area contributed by atoms with Crippen LogP contribution in [0.3, 0.4) is 0 Å². The summed E-state index contributed by atoms with van der Waals surface area (Å²) >= 11 is 0. The molecule has 1 aliphatic rings. The molecule has 0 bridgehead atoms. The van der Waals surface area contributed by atoms with Gasteiger partial charge in [0.1, 0.15) is 11.5 Å². The second kappa shape index (κ2) is 6.35. The van der Waals surface area contributed by atoms with Gasteiger partial charge in [0.15, 0.2) is 0 Å². The van der Waals surface area contributed by atoms with E-state index in [4.69, 9.17) is 9.47 Å². The van der Waals surface area contributed by atoms with Gasteiger partial charge in [0.2, 0.25) is 0 Å². The molecule has 1 heterocycles. The highest BCUT2D eigenvalue weighted by atomic mass is 16.5. The first-order chi connectivity index (χ1) is 10.0. The number of benzene rings is 1. The van der Waals surface area contributed by atoms with Gasteiger partial charge in [-0.15, -0.1) is 0 Å². The Hall–Kier alpha value is -1.75. The number of carbonyl (C=O) groups is 1. The second-order valence-electron chi connectivity index (χ2n) is 5.67. The number of carbonyl (C=O) groups excluding carboxylic acids is 1. The van der Waals surface area contributed by atoms with Crippen LogP contribution in [0.15, 0.2) is 18.2 Å². The largest absolute Gasteiger partial charge is 0.497 e. The lowest BCUT2D eigenvalue weighted by Gasteiger charge is -2.39. The van der Waals surface area contributed by atoms with Gasteiger partial charge in [-0.1, -0.05) is 0 Å². The smallest absolute Gasteiger partial charge is 0.257 e. The zero-order valence-electron chi connectivity index (χ0n) is 13.2. The molecule has 0 saturated carbocycles. The van der Waals surface area contributed by atoms with E-state index in [2.05, 4.69) is 12.2 Å². The highest BCUT2D eigenvalue weighted by Crippen LogP contribution is 2.28. The van der Waals surface area contributed by atoms with Crippen molar-refractivity contribution in [2.75, 3.05) is 34.4 Å². The van der Waals surface area contributed by atoms with Crippen LogP contribution in [0.5, 0.6) is 11.5 Å². The molecule has 1 N–H and O–H groups in total. The average Bonchev–Trinajstić information content (AvgIpc) is 2.54. The zero-order chi connectivity index (χ0) is 15.5. The van der Waals surface area contributed by atoms with Gasteiger partial charge in [0, 0.05) is 18.6 Å². The van der Waals surface area contributed by atoms with Crippen LogP contribution in [0, 0.1) is 0 Å². The molecule has 0 spiro atoms. The number of hydrogen-bond acceptors (Lipinski definition) is 4. The van der Waals surface area contributed by atoms with Gasteiger partial charge in [-0.05, 0) is 45.0 Å². The highest BCUT2D eigenvalue weighted by Gasteiger charge is 2.31. The molecule has 1 amide bonds. The summed E-state index contributed by atoms with van der Waals surface area (Å²) in [4.78, 5) is 14.6. The van der Waals surface area contributed by atoms with Crippen LogP contribution in [0.1, 0.15) is 30.1 Å². The van der Waals surface area contributed by atoms with E-state index in [9.17, 15) is 4.79 Å². The average molecular weight is 292 g/mol. The van der Waals surface area contributed by atoms with Crippen LogP contribution in [0.2, 0.25) is 0 Å². The fraction of sp³-hybridized carbons (Fsp3) is 0.562. The number of nitrogens with one attached hydrogen (secondary N) is 1. The Balaban J connectivity index is 2.17. The SMILES string of the molecule is CNC1(C)CCN(C(=O)c2cc(OC)ccc2OC)CC1. The van der Waals surface area contributed by atoms with E-state index in [0.717, 1.165) is 25.9 Å². The molecular formula is C16H24N2O3. The van der Waals surface area contributed by atoms with Gasteiger partial charge in [0.05, 0.1) is 19.8 Å². The summed E-state index contributed by atoms with van der Waals surface area (Å²) in [5.74, 6) is 1.25. The van der Waals surface area contributed by atoms with Gasteiger partial charge in [-0.3, -0.25) is 4.79 Å². The van der Waals surface area contributed by atoms with E-state index in [1.165, 1.54) is 0 Å². The summed E-state index contributed by atoms with van der Waals surface area (Å²) < 4.78 is 10.5. The lowest BCUT2D eigenvalue weighted by Crippen LogP contribution is -2.51. The molecule has 21 heavy (non-hydrogen) atoms. The minimum Gasteiger partial charge on any atom is -0.497 e. The van der Waals surface area contributed by atoms with Crippen molar-refractivity contribution in [2.45, 2.75) is 25.3 Å². The standard InChI is InChI=1S/C16H24N2O3/c1-16(17-2)7-9-18(10-8-16)15(19)13-11-12(20-3)5-6-14(13)21-4/h5-6,11,17H,7-10H2,1-4H3. The van der Waals surface area contributed by atoms with E-state index in [0.29, 0.717) is 17.1 Å². The third-order valence-corrected chi connectivity index (χ3v) is 4.39. The Morgan fingerprint density at radius 2 is 1.90 bits per heavy atom. The molecule has 0 aliphatic carbocycles. The third kappa shape index (κ3) is 3.29. The first-order valence-electron chi connectivity index (χ1n) is 7.23. The van der Waals surface area contributed by atoms with Crippen molar-refractivity contribution >= 4 is 5.91 Å². The maximum atomic E-state index is 12.7. The number of amides is 1. The van der Waals surface area contributed by atoms with Crippen LogP contribution >= 0.6 is 0 Å². The molecule has 1 aromatic carbocycles. The van der Waals surface area contributed by atoms with Gasteiger partial charge < -0.3 is 19.7 Å². The van der Waals surface area contributed by atoms with Crippen LogP contribution in [-0.2, 0) is 0 Å². The predicted octanol–water partition coefficient (Wildman–Crippen LogP) is 1.92. The Morgan fingerprint density at radius 3 is 2.43 bits per heavy atom. The van der Waals surface area contributed by atoms with Gasteiger partial charge in [-0.25, -0.2) is 0 Å². The zero-order valence-corrected chi connectivity index (χ0v) is 13.2. The predicted molar refractivity (Wildman–Crippen MR) is 82.1 cm³/mol. The summed E-state index contributed by atoms with van der Waals surface area (Å²) in [6.07, 6.45) is 1.89. The third-order valence-electron chi connectivity index (χ3n) is 4.39. The number of likely N-dealkylation sites (tertiary alicyclic amines) is 1. The minimum atomic E-state index is 0.00361. The molecule has 1 fully saturated rings. The number of piperidine rings is 1. The number of nitrogens with zero attached hydrogens (tertiary/aromatic N) is 1. The van der Waals surface area contributed by atoms with Crippen LogP contribution < -0.4 is 14.8 Å². The number of ether oxygens (including phenoxy) is 2. The molecule has 0 atom stereocenters. The van der Waals surface area contributed by atoms with E-state index in [1.54, 1.807) is 32.4 Å². The van der Waals surface area contributed by atoms with Crippen molar-refractivity contribution in [3.8, 4) is 11.5 Å². The molecular weight excluding hydrogens is 268 g/mol. The molecule has 5 nitrogen and oxygen atoms in total. The van der Waals surface area contributed by atoms with Crippen molar-refractivity contribution < 1.29 is 14.3 Å². The summed E-state index contributed by atoms with van der Waals surface area (Å²) in [7, 11) is 5.14. The van der Waals surface area contributed by atoms with Crippen LogP contribution in [0.25, 0.3) is 0 Å². The van der Waals surface area contributed by atoms with E-state index < -0.39 is 0 Å². The Bertz CT molecular complexity index is 508. The molecule has 0 radical (unpaired) electrons. The maximum absolute atomic E-state index is 12.7. The summed E-state index contributed by atoms with van der Waals surface area (Å²) in [6.45, 7) is 3.69. The lowest BCUT2D eigenvalue weighted by molar-refractivity contribution is 0.0658. The van der Waals surface area contributed by atoms with Crippen molar-refractivity contribution in [2.24, 2.45) is 0 Å². The number of methoxy groups -OCH3 is 2. The number of hydrogen-bond donors (Lipinski definition) is 1. The molecule has 116 valence electrons. The van der Waals surface area contributed by atoms with Crippen molar-refractivity contribution in [1.29, 1.82) is 0 Å². The number of rotatable bonds is 4. The molecule has 5 heteroatoms. The summed E-state index contributed by atoms with van der Waals surface area (Å²) in [6, 6.07) is 5.31. The minimum absolute atomic E-state index is 0.00361. The summed E-state index contributed by atoms with van der Waals surface area (Å²) in [5.41, 5.74) is 0.680. The van der Waals surface area contributed by atoms with Gasteiger partial charge in [-0.2, -0.15) is 0 Å². The summed E-state index contributed by atoms with van der Waals surface area (Å²) in [5, 5.41) is 3.34. The monoisotopic (exact) mass is 292 g/mol.